The number of nitrogens with two attached hydrogens (primary N) is 1. The predicted octanol–water partition coefficient (Wildman–Crippen LogP) is 1.34. The number of rotatable bonds is 2. The van der Waals surface area contributed by atoms with Gasteiger partial charge in [0.25, 0.3) is 0 Å². The van der Waals surface area contributed by atoms with E-state index < -0.39 is 0 Å². The lowest BCUT2D eigenvalue weighted by Gasteiger charge is -2.12. The van der Waals surface area contributed by atoms with E-state index in [1.165, 1.54) is 0 Å². The summed E-state index contributed by atoms with van der Waals surface area (Å²) in [7, 11) is 0. The van der Waals surface area contributed by atoms with Gasteiger partial charge in [0.15, 0.2) is 0 Å². The third kappa shape index (κ3) is 8.50. The fourth-order valence-corrected chi connectivity index (χ4v) is 0.192. The monoisotopic (exact) mass is 174 g/mol. The Bertz CT molecular complexity index is 50.2. The van der Waals surface area contributed by atoms with Gasteiger partial charge < -0.3 is 0 Å². The zero-order chi connectivity index (χ0) is 5.86. The van der Waals surface area contributed by atoms with Crippen LogP contribution in [-0.2, 0) is 0 Å². The van der Waals surface area contributed by atoms with Crippen molar-refractivity contribution in [2.24, 2.45) is 11.8 Å². The molecule has 0 aliphatic carbocycles. The first-order valence-corrected chi connectivity index (χ1v) is 2.64. The normalized spacial score (nSPS) is 11.7. The molecule has 0 aliphatic heterocycles. The molecule has 0 aliphatic rings. The molecule has 1 unspecified atom stereocenters. The van der Waals surface area contributed by atoms with E-state index >= 15 is 0 Å². The molecule has 3 N–H and O–H groups in total. The molecule has 0 aromatic rings. The minimum atomic E-state index is 0. The Hall–Kier alpha value is 0.500. The van der Waals surface area contributed by atoms with Crippen molar-refractivity contribution in [2.45, 2.75) is 26.8 Å². The minimum absolute atomic E-state index is 0. The summed E-state index contributed by atoms with van der Waals surface area (Å²) in [5.74, 6) is 5.75. The van der Waals surface area contributed by atoms with Crippen LogP contribution in [0, 0.1) is 5.92 Å². The van der Waals surface area contributed by atoms with Crippen molar-refractivity contribution < 1.29 is 0 Å². The van der Waals surface area contributed by atoms with Gasteiger partial charge in [-0.15, -0.1) is 24.8 Å². The first kappa shape index (κ1) is 16.2. The summed E-state index contributed by atoms with van der Waals surface area (Å²) >= 11 is 0. The standard InChI is InChI=1S/C5H14N2.2ClH/c1-4(2)5(3)7-6;;/h4-5,7H,6H2,1-3H3;2*1H. The molecular formula is C5H16Cl2N2. The molecule has 0 fully saturated rings. The fourth-order valence-electron chi connectivity index (χ4n) is 0.192. The second-order valence-electron chi connectivity index (χ2n) is 2.20. The number of hydrogen-bond acceptors (Lipinski definition) is 2. The molecule has 0 rings (SSSR count). The molecule has 60 valence electrons. The lowest BCUT2D eigenvalue weighted by molar-refractivity contribution is 0.437. The minimum Gasteiger partial charge on any atom is -0.271 e. The second-order valence-corrected chi connectivity index (χ2v) is 2.20. The summed E-state index contributed by atoms with van der Waals surface area (Å²) in [5.41, 5.74) is 2.66. The topological polar surface area (TPSA) is 38.0 Å². The largest absolute Gasteiger partial charge is 0.271 e. The van der Waals surface area contributed by atoms with Gasteiger partial charge in [0.05, 0.1) is 0 Å². The quantitative estimate of drug-likeness (QED) is 0.491. The molecular weight excluding hydrogens is 159 g/mol. The third-order valence-electron chi connectivity index (χ3n) is 1.26. The summed E-state index contributed by atoms with van der Waals surface area (Å²) in [5, 5.41) is 0. The summed E-state index contributed by atoms with van der Waals surface area (Å²) in [6, 6.07) is 0.431. The zero-order valence-corrected chi connectivity index (χ0v) is 7.68. The zero-order valence-electron chi connectivity index (χ0n) is 6.05. The molecule has 1 atom stereocenters. The fraction of sp³-hybridized carbons (Fsp3) is 1.00. The lowest BCUT2D eigenvalue weighted by Crippen LogP contribution is -2.36. The van der Waals surface area contributed by atoms with Crippen molar-refractivity contribution >= 4 is 24.8 Å². The van der Waals surface area contributed by atoms with Gasteiger partial charge in [-0.3, -0.25) is 11.3 Å². The van der Waals surface area contributed by atoms with E-state index in [4.69, 9.17) is 5.84 Å². The number of nitrogens with one attached hydrogen (secondary N) is 1. The van der Waals surface area contributed by atoms with Crippen LogP contribution in [0.3, 0.4) is 0 Å². The number of halogens is 2. The van der Waals surface area contributed by atoms with E-state index in [1.54, 1.807) is 0 Å². The van der Waals surface area contributed by atoms with Crippen LogP contribution in [0.15, 0.2) is 0 Å². The summed E-state index contributed by atoms with van der Waals surface area (Å²) in [6.07, 6.45) is 0. The van der Waals surface area contributed by atoms with Crippen LogP contribution in [0.1, 0.15) is 20.8 Å². The maximum Gasteiger partial charge on any atom is 0.0205 e. The van der Waals surface area contributed by atoms with Gasteiger partial charge >= 0.3 is 0 Å². The van der Waals surface area contributed by atoms with Crippen LogP contribution in [0.5, 0.6) is 0 Å². The molecule has 0 saturated carbocycles. The molecule has 0 bridgehead atoms. The first-order chi connectivity index (χ1) is 3.18. The van der Waals surface area contributed by atoms with E-state index in [0.717, 1.165) is 0 Å². The predicted molar refractivity (Wildman–Crippen MR) is 46.1 cm³/mol. The Morgan fingerprint density at radius 2 is 1.44 bits per heavy atom. The highest BCUT2D eigenvalue weighted by atomic mass is 35.5. The average molecular weight is 175 g/mol. The van der Waals surface area contributed by atoms with Crippen LogP contribution in [0.2, 0.25) is 0 Å². The Morgan fingerprint density at radius 1 is 1.11 bits per heavy atom. The Kier molecular flexibility index (Phi) is 15.3. The van der Waals surface area contributed by atoms with Gasteiger partial charge in [0.2, 0.25) is 0 Å². The van der Waals surface area contributed by atoms with Crippen LogP contribution < -0.4 is 11.3 Å². The molecule has 0 radical (unpaired) electrons. The van der Waals surface area contributed by atoms with Crippen LogP contribution in [-0.4, -0.2) is 6.04 Å². The van der Waals surface area contributed by atoms with E-state index in [0.29, 0.717) is 12.0 Å². The summed E-state index contributed by atoms with van der Waals surface area (Å²) in [4.78, 5) is 0. The van der Waals surface area contributed by atoms with Crippen LogP contribution in [0.4, 0.5) is 0 Å². The molecule has 0 aromatic heterocycles. The van der Waals surface area contributed by atoms with E-state index in [1.807, 2.05) is 0 Å². The van der Waals surface area contributed by atoms with E-state index in [-0.39, 0.29) is 24.8 Å². The third-order valence-corrected chi connectivity index (χ3v) is 1.26. The number of hydrogen-bond donors (Lipinski definition) is 2. The van der Waals surface area contributed by atoms with Gasteiger partial charge in [-0.25, -0.2) is 0 Å². The average Bonchev–Trinajstić information content (AvgIpc) is 1.65. The molecule has 0 amide bonds. The Balaban J connectivity index is -0.000000180. The Morgan fingerprint density at radius 3 is 1.44 bits per heavy atom. The summed E-state index contributed by atoms with van der Waals surface area (Å²) < 4.78 is 0. The molecule has 0 spiro atoms. The van der Waals surface area contributed by atoms with Crippen molar-refractivity contribution in [1.29, 1.82) is 0 Å². The van der Waals surface area contributed by atoms with Gasteiger partial charge in [-0.1, -0.05) is 13.8 Å². The maximum absolute atomic E-state index is 5.12. The SMILES string of the molecule is CC(C)C(C)NN.Cl.Cl. The molecule has 9 heavy (non-hydrogen) atoms. The smallest absolute Gasteiger partial charge is 0.0205 e. The lowest BCUT2D eigenvalue weighted by atomic mass is 10.1. The van der Waals surface area contributed by atoms with Crippen LogP contribution in [0.25, 0.3) is 0 Å². The molecule has 4 heteroatoms. The molecule has 0 aromatic carbocycles. The van der Waals surface area contributed by atoms with Gasteiger partial charge in [-0.05, 0) is 12.8 Å². The van der Waals surface area contributed by atoms with Crippen LogP contribution >= 0.6 is 24.8 Å². The molecule has 0 saturated heterocycles. The van der Waals surface area contributed by atoms with Gasteiger partial charge in [-0.2, -0.15) is 0 Å². The van der Waals surface area contributed by atoms with Gasteiger partial charge in [0.1, 0.15) is 0 Å². The van der Waals surface area contributed by atoms with E-state index in [9.17, 15) is 0 Å². The highest BCUT2D eigenvalue weighted by Crippen LogP contribution is 1.96. The molecule has 2 nitrogen and oxygen atoms in total. The maximum atomic E-state index is 5.12. The highest BCUT2D eigenvalue weighted by Gasteiger charge is 2.00. The first-order valence-electron chi connectivity index (χ1n) is 2.64. The van der Waals surface area contributed by atoms with Crippen molar-refractivity contribution in [3.8, 4) is 0 Å². The van der Waals surface area contributed by atoms with E-state index in [2.05, 4.69) is 26.2 Å². The Labute approximate surface area is 69.4 Å². The number of hydrazine groups is 1. The second kappa shape index (κ2) is 8.50. The van der Waals surface area contributed by atoms with Crippen molar-refractivity contribution in [2.75, 3.05) is 0 Å². The molecule has 0 heterocycles. The highest BCUT2D eigenvalue weighted by molar-refractivity contribution is 5.85. The van der Waals surface area contributed by atoms with Crippen molar-refractivity contribution in [1.82, 2.24) is 5.43 Å². The van der Waals surface area contributed by atoms with Gasteiger partial charge in [0, 0.05) is 6.04 Å². The van der Waals surface area contributed by atoms with Crippen molar-refractivity contribution in [3.05, 3.63) is 0 Å². The summed E-state index contributed by atoms with van der Waals surface area (Å²) in [6.45, 7) is 6.32. The van der Waals surface area contributed by atoms with Crippen molar-refractivity contribution in [3.63, 3.8) is 0 Å².